The molecule has 6 heteroatoms. The number of hydrogen-bond donors (Lipinski definition) is 0. The fraction of sp³-hybridized carbons (Fsp3) is 0.250. The molecule has 0 N–H and O–H groups in total. The Morgan fingerprint density at radius 3 is 2.65 bits per heavy atom. The zero-order valence-electron chi connectivity index (χ0n) is 14.1. The van der Waals surface area contributed by atoms with Gasteiger partial charge >= 0.3 is 0 Å². The first-order valence-corrected chi connectivity index (χ1v) is 9.38. The van der Waals surface area contributed by atoms with E-state index in [-0.39, 0.29) is 5.56 Å². The molecule has 2 aromatic carbocycles. The van der Waals surface area contributed by atoms with Crippen molar-refractivity contribution in [3.8, 4) is 0 Å². The van der Waals surface area contributed by atoms with Crippen LogP contribution in [-0.4, -0.2) is 29.0 Å². The third-order valence-corrected chi connectivity index (χ3v) is 5.47. The summed E-state index contributed by atoms with van der Waals surface area (Å²) in [4.78, 5) is 22.4. The van der Waals surface area contributed by atoms with Crippen LogP contribution in [0.2, 0.25) is 0 Å². The molecule has 0 aliphatic carbocycles. The lowest BCUT2D eigenvalue weighted by molar-refractivity contribution is -0.254. The number of rotatable bonds is 3. The van der Waals surface area contributed by atoms with Crippen LogP contribution in [0.25, 0.3) is 10.9 Å². The van der Waals surface area contributed by atoms with Crippen LogP contribution in [0.3, 0.4) is 0 Å². The first kappa shape index (κ1) is 17.0. The van der Waals surface area contributed by atoms with Crippen LogP contribution in [0, 0.1) is 0 Å². The van der Waals surface area contributed by atoms with E-state index in [4.69, 9.17) is 0 Å². The summed E-state index contributed by atoms with van der Waals surface area (Å²) in [6, 6.07) is 13.1. The van der Waals surface area contributed by atoms with Crippen molar-refractivity contribution >= 4 is 38.5 Å². The van der Waals surface area contributed by atoms with Crippen LogP contribution >= 0.6 is 15.9 Å². The van der Waals surface area contributed by atoms with E-state index in [9.17, 15) is 9.90 Å². The van der Waals surface area contributed by atoms with Gasteiger partial charge in [0.15, 0.2) is 0 Å². The van der Waals surface area contributed by atoms with Crippen molar-refractivity contribution in [3.63, 3.8) is 0 Å². The first-order valence-electron chi connectivity index (χ1n) is 8.59. The number of anilines is 1. The molecule has 0 spiro atoms. The molecule has 0 radical (unpaired) electrons. The first-order chi connectivity index (χ1) is 12.6. The average Bonchev–Trinajstić information content (AvgIpc) is 2.67. The Hall–Kier alpha value is -2.47. The van der Waals surface area contributed by atoms with Crippen LogP contribution < -0.4 is 10.0 Å². The molecule has 1 aliphatic rings. The summed E-state index contributed by atoms with van der Waals surface area (Å²) in [6.45, 7) is 1.57. The highest BCUT2D eigenvalue weighted by molar-refractivity contribution is 9.10. The van der Waals surface area contributed by atoms with Crippen LogP contribution in [0.4, 0.5) is 5.69 Å². The molecular formula is C20H17BrN3O2-. The lowest BCUT2D eigenvalue weighted by atomic mass is 9.90. The molecule has 0 unspecified atom stereocenters. The van der Waals surface area contributed by atoms with Gasteiger partial charge in [0.05, 0.1) is 17.2 Å². The predicted octanol–water partition coefficient (Wildman–Crippen LogP) is 3.14. The zero-order valence-corrected chi connectivity index (χ0v) is 15.6. The van der Waals surface area contributed by atoms with E-state index in [0.29, 0.717) is 5.92 Å². The van der Waals surface area contributed by atoms with E-state index < -0.39 is 5.97 Å². The van der Waals surface area contributed by atoms with E-state index in [1.165, 1.54) is 0 Å². The number of aromatic nitrogens is 2. The number of aromatic carboxylic acids is 1. The van der Waals surface area contributed by atoms with E-state index in [1.54, 1.807) is 18.5 Å². The van der Waals surface area contributed by atoms with Crippen molar-refractivity contribution in [1.29, 1.82) is 0 Å². The number of hydrogen-bond acceptors (Lipinski definition) is 5. The van der Waals surface area contributed by atoms with Gasteiger partial charge in [-0.15, -0.1) is 0 Å². The SMILES string of the molecule is O=C([O-])c1ccccc1N1CCC(c2ncnc3ccc(Br)cc23)CC1. The predicted molar refractivity (Wildman–Crippen MR) is 102 cm³/mol. The number of nitrogens with zero attached hydrogens (tertiary/aromatic N) is 3. The third-order valence-electron chi connectivity index (χ3n) is 4.97. The van der Waals surface area contributed by atoms with Gasteiger partial charge in [0.1, 0.15) is 6.33 Å². The maximum Gasteiger partial charge on any atom is 0.116 e. The lowest BCUT2D eigenvalue weighted by Crippen LogP contribution is -2.35. The summed E-state index contributed by atoms with van der Waals surface area (Å²) in [5, 5.41) is 12.4. The number of piperidine rings is 1. The molecular weight excluding hydrogens is 394 g/mol. The van der Waals surface area contributed by atoms with Crippen molar-refractivity contribution in [2.45, 2.75) is 18.8 Å². The Labute approximate surface area is 159 Å². The second-order valence-electron chi connectivity index (χ2n) is 6.49. The Morgan fingerprint density at radius 1 is 1.12 bits per heavy atom. The normalized spacial score (nSPS) is 15.3. The number of carboxylic acid groups (broad SMARTS) is 1. The molecule has 3 aromatic rings. The molecule has 4 rings (SSSR count). The van der Waals surface area contributed by atoms with Gasteiger partial charge in [-0.05, 0) is 37.1 Å². The number of carbonyl (C=O) groups excluding carboxylic acids is 1. The second kappa shape index (κ2) is 7.03. The smallest absolute Gasteiger partial charge is 0.116 e. The Bertz CT molecular complexity index is 968. The molecule has 1 aliphatic heterocycles. The minimum absolute atomic E-state index is 0.252. The van der Waals surface area contributed by atoms with Gasteiger partial charge in [0, 0.05) is 40.1 Å². The van der Waals surface area contributed by atoms with Gasteiger partial charge in [0.2, 0.25) is 0 Å². The van der Waals surface area contributed by atoms with E-state index in [2.05, 4.69) is 36.9 Å². The Kier molecular flexibility index (Phi) is 4.59. The largest absolute Gasteiger partial charge is 0.545 e. The molecule has 2 heterocycles. The number of carboxylic acids is 1. The van der Waals surface area contributed by atoms with Gasteiger partial charge in [0.25, 0.3) is 0 Å². The molecule has 0 saturated carbocycles. The minimum Gasteiger partial charge on any atom is -0.545 e. The molecule has 1 aromatic heterocycles. The third kappa shape index (κ3) is 3.17. The van der Waals surface area contributed by atoms with Crippen molar-refractivity contribution in [2.75, 3.05) is 18.0 Å². The number of halogens is 1. The topological polar surface area (TPSA) is 69.2 Å². The van der Waals surface area contributed by atoms with Crippen LogP contribution in [0.5, 0.6) is 0 Å². The number of benzene rings is 2. The van der Waals surface area contributed by atoms with Gasteiger partial charge in [-0.25, -0.2) is 9.97 Å². The summed E-state index contributed by atoms with van der Waals surface area (Å²) < 4.78 is 1.02. The standard InChI is InChI=1S/C20H18BrN3O2/c21-14-5-6-17-16(11-14)19(23-12-22-17)13-7-9-24(10-8-13)18-4-2-1-3-15(18)20(25)26/h1-6,11-13H,7-10H2,(H,25,26)/p-1. The van der Waals surface area contributed by atoms with Crippen LogP contribution in [-0.2, 0) is 0 Å². The quantitative estimate of drug-likeness (QED) is 0.663. The number of carbonyl (C=O) groups is 1. The highest BCUT2D eigenvalue weighted by Crippen LogP contribution is 2.34. The highest BCUT2D eigenvalue weighted by atomic mass is 79.9. The Morgan fingerprint density at radius 2 is 1.88 bits per heavy atom. The van der Waals surface area contributed by atoms with Crippen molar-refractivity contribution < 1.29 is 9.90 Å². The minimum atomic E-state index is -1.13. The zero-order chi connectivity index (χ0) is 18.1. The number of para-hydroxylation sites is 1. The Balaban J connectivity index is 1.58. The fourth-order valence-electron chi connectivity index (χ4n) is 3.69. The molecule has 0 atom stereocenters. The van der Waals surface area contributed by atoms with Gasteiger partial charge in [-0.2, -0.15) is 0 Å². The molecule has 132 valence electrons. The molecule has 0 amide bonds. The lowest BCUT2D eigenvalue weighted by Gasteiger charge is -2.35. The molecule has 26 heavy (non-hydrogen) atoms. The highest BCUT2D eigenvalue weighted by Gasteiger charge is 2.24. The van der Waals surface area contributed by atoms with Crippen molar-refractivity contribution in [3.05, 3.63) is 64.5 Å². The van der Waals surface area contributed by atoms with Gasteiger partial charge in [-0.3, -0.25) is 0 Å². The van der Waals surface area contributed by atoms with E-state index in [0.717, 1.165) is 52.7 Å². The number of fused-ring (bicyclic) bond motifs is 1. The van der Waals surface area contributed by atoms with Gasteiger partial charge < -0.3 is 14.8 Å². The molecule has 0 bridgehead atoms. The molecule has 5 nitrogen and oxygen atoms in total. The molecule has 1 saturated heterocycles. The van der Waals surface area contributed by atoms with Crippen LogP contribution in [0.1, 0.15) is 34.8 Å². The van der Waals surface area contributed by atoms with Crippen molar-refractivity contribution in [2.24, 2.45) is 0 Å². The summed E-state index contributed by atoms with van der Waals surface area (Å²) >= 11 is 3.53. The van der Waals surface area contributed by atoms with E-state index >= 15 is 0 Å². The van der Waals surface area contributed by atoms with Gasteiger partial charge in [-0.1, -0.05) is 34.1 Å². The summed E-state index contributed by atoms with van der Waals surface area (Å²) in [5.41, 5.74) is 3.01. The summed E-state index contributed by atoms with van der Waals surface area (Å²) in [6.07, 6.45) is 3.46. The van der Waals surface area contributed by atoms with E-state index in [1.807, 2.05) is 24.3 Å². The average molecular weight is 411 g/mol. The maximum atomic E-state index is 11.4. The fourth-order valence-corrected chi connectivity index (χ4v) is 4.05. The van der Waals surface area contributed by atoms with Crippen LogP contribution in [0.15, 0.2) is 53.3 Å². The van der Waals surface area contributed by atoms with Crippen molar-refractivity contribution in [1.82, 2.24) is 9.97 Å². The maximum absolute atomic E-state index is 11.4. The monoisotopic (exact) mass is 410 g/mol. The summed E-state index contributed by atoms with van der Waals surface area (Å²) in [7, 11) is 0. The second-order valence-corrected chi connectivity index (χ2v) is 7.40. The summed E-state index contributed by atoms with van der Waals surface area (Å²) in [5.74, 6) is -0.796. The molecule has 1 fully saturated rings.